The fourth-order valence-corrected chi connectivity index (χ4v) is 2.72. The van der Waals surface area contributed by atoms with Gasteiger partial charge in [-0.15, -0.1) is 5.10 Å². The van der Waals surface area contributed by atoms with Crippen molar-refractivity contribution in [2.75, 3.05) is 13.1 Å². The number of carbonyl (C=O) groups is 1. The molecule has 0 bridgehead atoms. The molecule has 1 amide bonds. The first kappa shape index (κ1) is 14.8. The van der Waals surface area contributed by atoms with Gasteiger partial charge in [-0.3, -0.25) is 4.79 Å². The van der Waals surface area contributed by atoms with Crippen molar-refractivity contribution in [1.29, 1.82) is 0 Å². The maximum atomic E-state index is 12.3. The first-order chi connectivity index (χ1) is 11.7. The molecule has 122 valence electrons. The molecule has 3 aromatic rings. The van der Waals surface area contributed by atoms with Crippen LogP contribution in [0.15, 0.2) is 42.9 Å². The molecule has 1 saturated heterocycles. The van der Waals surface area contributed by atoms with E-state index >= 15 is 0 Å². The van der Waals surface area contributed by atoms with Gasteiger partial charge in [0.15, 0.2) is 0 Å². The normalized spacial score (nSPS) is 14.6. The van der Waals surface area contributed by atoms with Crippen molar-refractivity contribution in [1.82, 2.24) is 34.9 Å². The number of hydrogen-bond donors (Lipinski definition) is 0. The quantitative estimate of drug-likeness (QED) is 0.712. The maximum absolute atomic E-state index is 12.3. The van der Waals surface area contributed by atoms with Gasteiger partial charge in [0.1, 0.15) is 12.2 Å². The van der Waals surface area contributed by atoms with Gasteiger partial charge in [-0.2, -0.15) is 15.0 Å². The summed E-state index contributed by atoms with van der Waals surface area (Å²) in [4.78, 5) is 15.7. The molecule has 4 rings (SSSR count). The average Bonchev–Trinajstić information content (AvgIpc) is 3.19. The molecule has 0 saturated carbocycles. The molecular weight excluding hydrogens is 330 g/mol. The van der Waals surface area contributed by atoms with E-state index in [9.17, 15) is 4.79 Å². The summed E-state index contributed by atoms with van der Waals surface area (Å²) in [5.74, 6) is 0.00370. The standard InChI is InChI=1S/C15H14ClN7O/c16-12-3-1-11(2-4-12)15(24)21-9-14(10-21)22-7-13(19-20-22)8-23-17-5-6-18-23/h1-7,14H,8-10H2. The predicted molar refractivity (Wildman–Crippen MR) is 85.5 cm³/mol. The van der Waals surface area contributed by atoms with Crippen LogP contribution in [0.25, 0.3) is 0 Å². The third-order valence-corrected chi connectivity index (χ3v) is 4.19. The van der Waals surface area contributed by atoms with Gasteiger partial charge in [-0.1, -0.05) is 16.8 Å². The lowest BCUT2D eigenvalue weighted by Gasteiger charge is -2.38. The molecule has 2 aromatic heterocycles. The molecule has 1 fully saturated rings. The van der Waals surface area contributed by atoms with Crippen LogP contribution in [-0.2, 0) is 6.54 Å². The molecule has 0 N–H and O–H groups in total. The van der Waals surface area contributed by atoms with Gasteiger partial charge >= 0.3 is 0 Å². The zero-order valence-corrected chi connectivity index (χ0v) is 13.4. The number of rotatable bonds is 4. The highest BCUT2D eigenvalue weighted by Crippen LogP contribution is 2.23. The zero-order chi connectivity index (χ0) is 16.5. The van der Waals surface area contributed by atoms with E-state index in [0.29, 0.717) is 30.2 Å². The van der Waals surface area contributed by atoms with Crippen molar-refractivity contribution >= 4 is 17.5 Å². The SMILES string of the molecule is O=C(c1ccc(Cl)cc1)N1CC(n2cc(Cn3nccn3)nn2)C1. The van der Waals surface area contributed by atoms with E-state index in [1.807, 2.05) is 6.20 Å². The van der Waals surface area contributed by atoms with Crippen LogP contribution in [0.1, 0.15) is 22.1 Å². The largest absolute Gasteiger partial charge is 0.334 e. The summed E-state index contributed by atoms with van der Waals surface area (Å²) in [5, 5.41) is 17.0. The summed E-state index contributed by atoms with van der Waals surface area (Å²) in [6.45, 7) is 1.71. The minimum atomic E-state index is 0.00370. The van der Waals surface area contributed by atoms with E-state index in [2.05, 4.69) is 20.5 Å². The molecule has 9 heteroatoms. The second kappa shape index (κ2) is 6.04. The Balaban J connectivity index is 1.36. The molecule has 1 aromatic carbocycles. The van der Waals surface area contributed by atoms with E-state index in [1.165, 1.54) is 0 Å². The molecule has 1 aliphatic rings. The number of benzene rings is 1. The molecule has 3 heterocycles. The second-order valence-electron chi connectivity index (χ2n) is 5.62. The molecule has 0 atom stereocenters. The predicted octanol–water partition coefficient (Wildman–Crippen LogP) is 1.27. The summed E-state index contributed by atoms with van der Waals surface area (Å²) >= 11 is 5.85. The van der Waals surface area contributed by atoms with Crippen molar-refractivity contribution in [3.8, 4) is 0 Å². The van der Waals surface area contributed by atoms with Crippen LogP contribution in [-0.4, -0.2) is 53.9 Å². The highest BCUT2D eigenvalue weighted by Gasteiger charge is 2.33. The molecule has 24 heavy (non-hydrogen) atoms. The van der Waals surface area contributed by atoms with Gasteiger partial charge in [-0.25, -0.2) is 4.68 Å². The van der Waals surface area contributed by atoms with E-state index in [0.717, 1.165) is 5.69 Å². The first-order valence-electron chi connectivity index (χ1n) is 7.49. The Hall–Kier alpha value is -2.74. The van der Waals surface area contributed by atoms with Gasteiger partial charge in [0.25, 0.3) is 5.91 Å². The molecule has 0 spiro atoms. The van der Waals surface area contributed by atoms with Crippen molar-refractivity contribution in [3.05, 3.63) is 59.1 Å². The summed E-state index contributed by atoms with van der Waals surface area (Å²) in [7, 11) is 0. The lowest BCUT2D eigenvalue weighted by atomic mass is 10.1. The number of carbonyl (C=O) groups excluding carboxylic acids is 1. The first-order valence-corrected chi connectivity index (χ1v) is 7.86. The fourth-order valence-electron chi connectivity index (χ4n) is 2.60. The van der Waals surface area contributed by atoms with Crippen LogP contribution in [0.2, 0.25) is 5.02 Å². The van der Waals surface area contributed by atoms with Crippen LogP contribution in [0.3, 0.4) is 0 Å². The van der Waals surface area contributed by atoms with Crippen molar-refractivity contribution in [2.45, 2.75) is 12.6 Å². The van der Waals surface area contributed by atoms with Gasteiger partial charge in [0, 0.05) is 23.7 Å². The highest BCUT2D eigenvalue weighted by molar-refractivity contribution is 6.30. The number of nitrogens with zero attached hydrogens (tertiary/aromatic N) is 7. The molecule has 8 nitrogen and oxygen atoms in total. The third kappa shape index (κ3) is 2.88. The fraction of sp³-hybridized carbons (Fsp3) is 0.267. The molecule has 0 aliphatic carbocycles. The second-order valence-corrected chi connectivity index (χ2v) is 6.06. The Morgan fingerprint density at radius 3 is 2.58 bits per heavy atom. The Kier molecular flexibility index (Phi) is 3.73. The van der Waals surface area contributed by atoms with Crippen molar-refractivity contribution in [2.24, 2.45) is 0 Å². The Bertz CT molecular complexity index is 837. The number of aromatic nitrogens is 6. The van der Waals surface area contributed by atoms with Crippen LogP contribution in [0.5, 0.6) is 0 Å². The number of amides is 1. The zero-order valence-electron chi connectivity index (χ0n) is 12.7. The number of hydrogen-bond acceptors (Lipinski definition) is 5. The molecular formula is C15H14ClN7O. The lowest BCUT2D eigenvalue weighted by molar-refractivity contribution is 0.0498. The summed E-state index contributed by atoms with van der Waals surface area (Å²) in [5.41, 5.74) is 1.43. The Morgan fingerprint density at radius 2 is 1.88 bits per heavy atom. The van der Waals surface area contributed by atoms with E-state index in [4.69, 9.17) is 11.6 Å². The van der Waals surface area contributed by atoms with Gasteiger partial charge < -0.3 is 4.90 Å². The lowest BCUT2D eigenvalue weighted by Crippen LogP contribution is -2.50. The topological polar surface area (TPSA) is 81.7 Å². The summed E-state index contributed by atoms with van der Waals surface area (Å²) in [6.07, 6.45) is 5.12. The van der Waals surface area contributed by atoms with Crippen LogP contribution in [0.4, 0.5) is 0 Å². The Morgan fingerprint density at radius 1 is 1.17 bits per heavy atom. The van der Waals surface area contributed by atoms with Crippen LogP contribution in [0, 0.1) is 0 Å². The minimum absolute atomic E-state index is 0.00370. The minimum Gasteiger partial charge on any atom is -0.334 e. The molecule has 0 radical (unpaired) electrons. The third-order valence-electron chi connectivity index (χ3n) is 3.94. The maximum Gasteiger partial charge on any atom is 0.254 e. The van der Waals surface area contributed by atoms with Crippen LogP contribution >= 0.6 is 11.6 Å². The van der Waals surface area contributed by atoms with Gasteiger partial charge in [-0.05, 0) is 24.3 Å². The average molecular weight is 344 g/mol. The number of halogens is 1. The van der Waals surface area contributed by atoms with Gasteiger partial charge in [0.05, 0.1) is 24.6 Å². The monoisotopic (exact) mass is 343 g/mol. The summed E-state index contributed by atoms with van der Waals surface area (Å²) < 4.78 is 1.80. The molecule has 1 aliphatic heterocycles. The Labute approximate surface area is 142 Å². The van der Waals surface area contributed by atoms with E-state index in [-0.39, 0.29) is 11.9 Å². The molecule has 0 unspecified atom stereocenters. The van der Waals surface area contributed by atoms with E-state index in [1.54, 1.807) is 51.0 Å². The number of likely N-dealkylation sites (tertiary alicyclic amines) is 1. The highest BCUT2D eigenvalue weighted by atomic mass is 35.5. The van der Waals surface area contributed by atoms with E-state index < -0.39 is 0 Å². The smallest absolute Gasteiger partial charge is 0.254 e. The van der Waals surface area contributed by atoms with Crippen LogP contribution < -0.4 is 0 Å². The van der Waals surface area contributed by atoms with Crippen molar-refractivity contribution in [3.63, 3.8) is 0 Å². The van der Waals surface area contributed by atoms with Gasteiger partial charge in [0.2, 0.25) is 0 Å². The summed E-state index contributed by atoms with van der Waals surface area (Å²) in [6, 6.07) is 7.07. The van der Waals surface area contributed by atoms with Crippen molar-refractivity contribution < 1.29 is 4.79 Å².